The van der Waals surface area contributed by atoms with Crippen LogP contribution >= 0.6 is 0 Å². The molecule has 0 unspecified atom stereocenters. The van der Waals surface area contributed by atoms with Gasteiger partial charge in [0.05, 0.1) is 15.3 Å². The number of fused-ring (bicyclic) bond motifs is 1. The van der Waals surface area contributed by atoms with E-state index in [0.717, 1.165) is 0 Å². The summed E-state index contributed by atoms with van der Waals surface area (Å²) in [6.45, 7) is 0. The smallest absolute Gasteiger partial charge is 0.269 e. The molecule has 116 valence electrons. The van der Waals surface area contributed by atoms with Gasteiger partial charge in [0.15, 0.2) is 0 Å². The van der Waals surface area contributed by atoms with Gasteiger partial charge in [-0.3, -0.25) is 19.8 Å². The highest BCUT2D eigenvalue weighted by Crippen LogP contribution is 2.21. The molecule has 3 aromatic rings. The van der Waals surface area contributed by atoms with Crippen LogP contribution in [-0.2, 0) is 10.0 Å². The number of rotatable bonds is 4. The Balaban J connectivity index is 1.92. The number of hydrogen-bond acceptors (Lipinski definition) is 5. The van der Waals surface area contributed by atoms with E-state index in [2.05, 4.69) is 9.71 Å². The van der Waals surface area contributed by atoms with E-state index >= 15 is 0 Å². The van der Waals surface area contributed by atoms with Crippen molar-refractivity contribution in [3.05, 3.63) is 70.9 Å². The molecule has 0 saturated heterocycles. The topological polar surface area (TPSA) is 102 Å². The van der Waals surface area contributed by atoms with Gasteiger partial charge in [-0.1, -0.05) is 6.07 Å². The Morgan fingerprint density at radius 1 is 1.04 bits per heavy atom. The van der Waals surface area contributed by atoms with E-state index in [1.165, 1.54) is 36.4 Å². The van der Waals surface area contributed by atoms with Crippen LogP contribution in [0, 0.1) is 10.1 Å². The molecular formula is C15H11N3O4S. The highest BCUT2D eigenvalue weighted by Gasteiger charge is 2.15. The van der Waals surface area contributed by atoms with Crippen LogP contribution in [0.2, 0.25) is 0 Å². The summed E-state index contributed by atoms with van der Waals surface area (Å²) in [6, 6.07) is 13.3. The SMILES string of the molecule is O=[N+]([O-])c1ccc(NS(=O)(=O)c2ccc3ncccc3c2)cc1. The molecular weight excluding hydrogens is 318 g/mol. The summed E-state index contributed by atoms with van der Waals surface area (Å²) in [4.78, 5) is 14.3. The summed E-state index contributed by atoms with van der Waals surface area (Å²) in [5.74, 6) is 0. The molecule has 7 nitrogen and oxygen atoms in total. The molecule has 0 bridgehead atoms. The molecule has 0 aliphatic heterocycles. The van der Waals surface area contributed by atoms with Gasteiger partial charge in [0.25, 0.3) is 15.7 Å². The second-order valence-electron chi connectivity index (χ2n) is 4.77. The molecule has 1 N–H and O–H groups in total. The van der Waals surface area contributed by atoms with Crippen LogP contribution in [-0.4, -0.2) is 18.3 Å². The third-order valence-corrected chi connectivity index (χ3v) is 4.59. The lowest BCUT2D eigenvalue weighted by molar-refractivity contribution is -0.384. The third kappa shape index (κ3) is 3.11. The van der Waals surface area contributed by atoms with E-state index in [0.29, 0.717) is 10.9 Å². The maximum absolute atomic E-state index is 12.4. The van der Waals surface area contributed by atoms with Crippen LogP contribution in [0.1, 0.15) is 0 Å². The maximum atomic E-state index is 12.4. The highest BCUT2D eigenvalue weighted by atomic mass is 32.2. The number of nitro benzene ring substituents is 1. The lowest BCUT2D eigenvalue weighted by Crippen LogP contribution is -2.12. The van der Waals surface area contributed by atoms with Gasteiger partial charge in [-0.15, -0.1) is 0 Å². The first-order chi connectivity index (χ1) is 11.0. The Kier molecular flexibility index (Phi) is 3.67. The normalized spacial score (nSPS) is 11.3. The molecule has 1 aromatic heterocycles. The number of aromatic nitrogens is 1. The predicted molar refractivity (Wildman–Crippen MR) is 85.6 cm³/mol. The number of non-ortho nitro benzene ring substituents is 1. The van der Waals surface area contributed by atoms with Gasteiger partial charge in [0.1, 0.15) is 0 Å². The number of pyridine rings is 1. The average Bonchev–Trinajstić information content (AvgIpc) is 2.54. The summed E-state index contributed by atoms with van der Waals surface area (Å²) in [7, 11) is -3.79. The molecule has 0 spiro atoms. The molecule has 0 radical (unpaired) electrons. The molecule has 1 heterocycles. The first kappa shape index (κ1) is 14.9. The Morgan fingerprint density at radius 3 is 2.48 bits per heavy atom. The quantitative estimate of drug-likeness (QED) is 0.585. The zero-order valence-corrected chi connectivity index (χ0v) is 12.5. The number of sulfonamides is 1. The van der Waals surface area contributed by atoms with E-state index in [-0.39, 0.29) is 16.3 Å². The molecule has 23 heavy (non-hydrogen) atoms. The van der Waals surface area contributed by atoms with Crippen LogP contribution < -0.4 is 4.72 Å². The molecule has 0 fully saturated rings. The minimum Gasteiger partial charge on any atom is -0.280 e. The Labute approximate surface area is 131 Å². The number of hydrogen-bond donors (Lipinski definition) is 1. The second-order valence-corrected chi connectivity index (χ2v) is 6.45. The van der Waals surface area contributed by atoms with Crippen LogP contribution in [0.4, 0.5) is 11.4 Å². The third-order valence-electron chi connectivity index (χ3n) is 3.22. The molecule has 0 atom stereocenters. The van der Waals surface area contributed by atoms with Crippen LogP contribution in [0.25, 0.3) is 10.9 Å². The van der Waals surface area contributed by atoms with E-state index in [1.54, 1.807) is 24.4 Å². The van der Waals surface area contributed by atoms with Gasteiger partial charge < -0.3 is 0 Å². The maximum Gasteiger partial charge on any atom is 0.269 e. The van der Waals surface area contributed by atoms with E-state index < -0.39 is 14.9 Å². The van der Waals surface area contributed by atoms with E-state index in [1.807, 2.05) is 0 Å². The number of benzene rings is 2. The molecule has 0 aliphatic carbocycles. The first-order valence-electron chi connectivity index (χ1n) is 6.58. The lowest BCUT2D eigenvalue weighted by atomic mass is 10.2. The monoisotopic (exact) mass is 329 g/mol. The number of anilines is 1. The fourth-order valence-corrected chi connectivity index (χ4v) is 3.18. The first-order valence-corrected chi connectivity index (χ1v) is 8.06. The number of nitro groups is 1. The number of nitrogens with zero attached hydrogens (tertiary/aromatic N) is 2. The van der Waals surface area contributed by atoms with Gasteiger partial charge >= 0.3 is 0 Å². The van der Waals surface area contributed by atoms with Gasteiger partial charge in [0.2, 0.25) is 0 Å². The Hall–Kier alpha value is -3.00. The van der Waals surface area contributed by atoms with Gasteiger partial charge in [-0.2, -0.15) is 0 Å². The minimum absolute atomic E-state index is 0.0938. The average molecular weight is 329 g/mol. The standard InChI is InChI=1S/C15H11N3O4S/c19-18(20)13-5-3-12(4-6-13)17-23(21,22)14-7-8-15-11(10-14)2-1-9-16-15/h1-10,17H. The van der Waals surface area contributed by atoms with E-state index in [9.17, 15) is 18.5 Å². The van der Waals surface area contributed by atoms with Crippen molar-refractivity contribution in [2.75, 3.05) is 4.72 Å². The van der Waals surface area contributed by atoms with Crippen molar-refractivity contribution < 1.29 is 13.3 Å². The van der Waals surface area contributed by atoms with Crippen LogP contribution in [0.5, 0.6) is 0 Å². The van der Waals surface area contributed by atoms with Crippen molar-refractivity contribution in [1.82, 2.24) is 4.98 Å². The fraction of sp³-hybridized carbons (Fsp3) is 0. The van der Waals surface area contributed by atoms with E-state index in [4.69, 9.17) is 0 Å². The summed E-state index contributed by atoms with van der Waals surface area (Å²) in [6.07, 6.45) is 1.63. The van der Waals surface area contributed by atoms with Gasteiger partial charge in [0, 0.05) is 29.4 Å². The van der Waals surface area contributed by atoms with Crippen molar-refractivity contribution in [3.8, 4) is 0 Å². The Bertz CT molecular complexity index is 985. The highest BCUT2D eigenvalue weighted by molar-refractivity contribution is 7.92. The fourth-order valence-electron chi connectivity index (χ4n) is 2.09. The predicted octanol–water partition coefficient (Wildman–Crippen LogP) is 2.94. The molecule has 8 heteroatoms. The summed E-state index contributed by atoms with van der Waals surface area (Å²) in [5, 5.41) is 11.3. The summed E-state index contributed by atoms with van der Waals surface area (Å²) >= 11 is 0. The zero-order valence-electron chi connectivity index (χ0n) is 11.7. The van der Waals surface area contributed by atoms with Gasteiger partial charge in [-0.25, -0.2) is 8.42 Å². The molecule has 3 rings (SSSR count). The molecule has 0 aliphatic rings. The van der Waals surface area contributed by atoms with Crippen LogP contribution in [0.3, 0.4) is 0 Å². The zero-order chi connectivity index (χ0) is 16.4. The largest absolute Gasteiger partial charge is 0.280 e. The Morgan fingerprint density at radius 2 is 1.78 bits per heavy atom. The minimum atomic E-state index is -3.79. The second kappa shape index (κ2) is 5.65. The van der Waals surface area contributed by atoms with Crippen LogP contribution in [0.15, 0.2) is 65.7 Å². The summed E-state index contributed by atoms with van der Waals surface area (Å²) in [5.41, 5.74) is 0.841. The van der Waals surface area contributed by atoms with Gasteiger partial charge in [-0.05, 0) is 36.4 Å². The van der Waals surface area contributed by atoms with Crippen molar-refractivity contribution in [2.24, 2.45) is 0 Å². The molecule has 0 amide bonds. The summed E-state index contributed by atoms with van der Waals surface area (Å²) < 4.78 is 27.2. The molecule has 0 saturated carbocycles. The van der Waals surface area contributed by atoms with Crippen molar-refractivity contribution in [3.63, 3.8) is 0 Å². The number of nitrogens with one attached hydrogen (secondary N) is 1. The van der Waals surface area contributed by atoms with Crippen molar-refractivity contribution in [2.45, 2.75) is 4.90 Å². The lowest BCUT2D eigenvalue weighted by Gasteiger charge is -2.08. The molecule has 2 aromatic carbocycles. The van der Waals surface area contributed by atoms with Crippen molar-refractivity contribution >= 4 is 32.3 Å². The van der Waals surface area contributed by atoms with Crippen molar-refractivity contribution in [1.29, 1.82) is 0 Å².